The van der Waals surface area contributed by atoms with Crippen molar-refractivity contribution in [2.24, 2.45) is 0 Å². The van der Waals surface area contributed by atoms with Gasteiger partial charge in [0.25, 0.3) is 0 Å². The highest BCUT2D eigenvalue weighted by Gasteiger charge is 2.30. The first-order valence-electron chi connectivity index (χ1n) is 10.9. The summed E-state index contributed by atoms with van der Waals surface area (Å²) in [5.41, 5.74) is 1.43. The van der Waals surface area contributed by atoms with Gasteiger partial charge >= 0.3 is 0 Å². The van der Waals surface area contributed by atoms with Crippen LogP contribution in [-0.2, 0) is 16.0 Å². The van der Waals surface area contributed by atoms with Gasteiger partial charge in [-0.15, -0.1) is 0 Å². The molecule has 4 rings (SSSR count). The van der Waals surface area contributed by atoms with E-state index >= 15 is 0 Å². The van der Waals surface area contributed by atoms with E-state index in [1.165, 1.54) is 25.6 Å². The van der Waals surface area contributed by atoms with Gasteiger partial charge in [0.1, 0.15) is 12.4 Å². The van der Waals surface area contributed by atoms with Crippen molar-refractivity contribution in [1.29, 1.82) is 0 Å². The molecular weight excluding hydrogens is 384 g/mol. The van der Waals surface area contributed by atoms with Crippen molar-refractivity contribution in [2.45, 2.75) is 57.6 Å². The molecule has 2 fully saturated rings. The minimum absolute atomic E-state index is 0.177. The van der Waals surface area contributed by atoms with Crippen molar-refractivity contribution in [2.75, 3.05) is 33.3 Å². The molecule has 0 radical (unpaired) electrons. The van der Waals surface area contributed by atoms with Crippen LogP contribution in [0.4, 0.5) is 0 Å². The predicted molar refractivity (Wildman–Crippen MR) is 109 cm³/mol. The molecule has 2 aromatic heterocycles. The molecule has 1 amide bonds. The van der Waals surface area contributed by atoms with E-state index in [2.05, 4.69) is 25.0 Å². The number of aryl methyl sites for hydroxylation is 1. The molecule has 9 heteroatoms. The summed E-state index contributed by atoms with van der Waals surface area (Å²) < 4.78 is 11.3. The standard InChI is InChI=1S/C21H30N6O3/c1-3-18-24-21(25-30-18)16-11-22-14-23-20(16)17-12-27(9-10-29-17)13-19(28)26(2)15-7-5-4-6-8-15/h11,14-15,17H,3-10,12-13H2,1-2H3/t17-/m0/s1. The fourth-order valence-electron chi connectivity index (χ4n) is 4.26. The van der Waals surface area contributed by atoms with Crippen LogP contribution in [0.2, 0.25) is 0 Å². The second-order valence-electron chi connectivity index (χ2n) is 8.08. The molecule has 3 heterocycles. The summed E-state index contributed by atoms with van der Waals surface area (Å²) in [6.07, 6.45) is 9.54. The zero-order valence-electron chi connectivity index (χ0n) is 17.8. The average Bonchev–Trinajstić information content (AvgIpc) is 3.28. The fraction of sp³-hybridized carbons (Fsp3) is 0.667. The summed E-state index contributed by atoms with van der Waals surface area (Å²) in [7, 11) is 1.94. The van der Waals surface area contributed by atoms with Gasteiger partial charge in [0, 0.05) is 38.8 Å². The second kappa shape index (κ2) is 9.61. The lowest BCUT2D eigenvalue weighted by Crippen LogP contribution is -2.47. The Morgan fingerprint density at radius 2 is 2.13 bits per heavy atom. The van der Waals surface area contributed by atoms with Crippen molar-refractivity contribution in [3.8, 4) is 11.4 Å². The highest BCUT2D eigenvalue weighted by atomic mass is 16.5. The summed E-state index contributed by atoms with van der Waals surface area (Å²) in [6.45, 7) is 4.22. The van der Waals surface area contributed by atoms with E-state index in [4.69, 9.17) is 9.26 Å². The van der Waals surface area contributed by atoms with Gasteiger partial charge in [-0.25, -0.2) is 9.97 Å². The van der Waals surface area contributed by atoms with Crippen LogP contribution in [0.15, 0.2) is 17.0 Å². The molecular formula is C21H30N6O3. The number of likely N-dealkylation sites (N-methyl/N-ethyl adjacent to an activating group) is 1. The first-order valence-corrected chi connectivity index (χ1v) is 10.9. The molecule has 2 aromatic rings. The van der Waals surface area contributed by atoms with E-state index in [1.807, 2.05) is 18.9 Å². The number of amides is 1. The topological polar surface area (TPSA) is 97.5 Å². The molecule has 162 valence electrons. The van der Waals surface area contributed by atoms with Crippen LogP contribution in [0.5, 0.6) is 0 Å². The molecule has 9 nitrogen and oxygen atoms in total. The first kappa shape index (κ1) is 20.9. The van der Waals surface area contributed by atoms with E-state index in [1.54, 1.807) is 6.20 Å². The molecule has 1 saturated heterocycles. The zero-order chi connectivity index (χ0) is 20.9. The molecule has 0 spiro atoms. The van der Waals surface area contributed by atoms with Crippen LogP contribution in [0.25, 0.3) is 11.4 Å². The van der Waals surface area contributed by atoms with E-state index in [0.29, 0.717) is 49.4 Å². The van der Waals surface area contributed by atoms with E-state index in [0.717, 1.165) is 25.1 Å². The maximum Gasteiger partial charge on any atom is 0.236 e. The van der Waals surface area contributed by atoms with E-state index < -0.39 is 0 Å². The number of aromatic nitrogens is 4. The van der Waals surface area contributed by atoms with Crippen LogP contribution >= 0.6 is 0 Å². The van der Waals surface area contributed by atoms with Gasteiger partial charge in [0.2, 0.25) is 17.6 Å². The Bertz CT molecular complexity index is 851. The largest absolute Gasteiger partial charge is 0.369 e. The molecule has 0 bridgehead atoms. The first-order chi connectivity index (χ1) is 14.7. The van der Waals surface area contributed by atoms with Gasteiger partial charge in [-0.05, 0) is 12.8 Å². The Hall–Kier alpha value is -2.39. The number of hydrogen-bond donors (Lipinski definition) is 0. The lowest BCUT2D eigenvalue weighted by molar-refractivity contribution is -0.135. The van der Waals surface area contributed by atoms with Gasteiger partial charge < -0.3 is 14.2 Å². The Kier molecular flexibility index (Phi) is 6.69. The van der Waals surface area contributed by atoms with Gasteiger partial charge in [0.15, 0.2) is 0 Å². The SMILES string of the molecule is CCc1nc(-c2cncnc2[C@@H]2CN(CC(=O)N(C)C3CCCCC3)CCO2)no1. The highest BCUT2D eigenvalue weighted by Crippen LogP contribution is 2.29. The van der Waals surface area contributed by atoms with E-state index in [9.17, 15) is 4.79 Å². The lowest BCUT2D eigenvalue weighted by atomic mass is 9.94. The number of hydrogen-bond acceptors (Lipinski definition) is 8. The van der Waals surface area contributed by atoms with Crippen LogP contribution < -0.4 is 0 Å². The summed E-state index contributed by atoms with van der Waals surface area (Å²) >= 11 is 0. The van der Waals surface area contributed by atoms with Crippen molar-refractivity contribution >= 4 is 5.91 Å². The third kappa shape index (κ3) is 4.67. The maximum atomic E-state index is 12.9. The summed E-state index contributed by atoms with van der Waals surface area (Å²) in [6, 6.07) is 0.377. The zero-order valence-corrected chi connectivity index (χ0v) is 17.8. The monoisotopic (exact) mass is 414 g/mol. The summed E-state index contributed by atoms with van der Waals surface area (Å²) in [5, 5.41) is 4.06. The van der Waals surface area contributed by atoms with Crippen molar-refractivity contribution in [1.82, 2.24) is 29.9 Å². The molecule has 30 heavy (non-hydrogen) atoms. The Morgan fingerprint density at radius 3 is 2.90 bits per heavy atom. The molecule has 1 aliphatic heterocycles. The number of morpholine rings is 1. The smallest absolute Gasteiger partial charge is 0.236 e. The molecule has 0 aromatic carbocycles. The predicted octanol–water partition coefficient (Wildman–Crippen LogP) is 2.25. The molecule has 1 aliphatic carbocycles. The van der Waals surface area contributed by atoms with Gasteiger partial charge in [-0.3, -0.25) is 9.69 Å². The molecule has 2 aliphatic rings. The number of nitrogens with zero attached hydrogens (tertiary/aromatic N) is 6. The van der Waals surface area contributed by atoms with Crippen LogP contribution in [0, 0.1) is 0 Å². The summed E-state index contributed by atoms with van der Waals surface area (Å²) in [5.74, 6) is 1.22. The van der Waals surface area contributed by atoms with Crippen molar-refractivity contribution < 1.29 is 14.1 Å². The second-order valence-corrected chi connectivity index (χ2v) is 8.08. The van der Waals surface area contributed by atoms with Crippen molar-refractivity contribution in [3.05, 3.63) is 24.1 Å². The molecule has 1 saturated carbocycles. The summed E-state index contributed by atoms with van der Waals surface area (Å²) in [4.78, 5) is 30.0. The Balaban J connectivity index is 1.43. The minimum atomic E-state index is -0.270. The highest BCUT2D eigenvalue weighted by molar-refractivity contribution is 5.78. The molecule has 0 N–H and O–H groups in total. The minimum Gasteiger partial charge on any atom is -0.369 e. The lowest BCUT2D eigenvalue weighted by Gasteiger charge is -2.36. The van der Waals surface area contributed by atoms with Gasteiger partial charge in [-0.2, -0.15) is 4.98 Å². The van der Waals surface area contributed by atoms with Crippen LogP contribution in [0.3, 0.4) is 0 Å². The number of ether oxygens (including phenoxy) is 1. The third-order valence-electron chi connectivity index (χ3n) is 6.08. The average molecular weight is 415 g/mol. The fourth-order valence-corrected chi connectivity index (χ4v) is 4.26. The normalized spacial score (nSPS) is 20.9. The molecule has 0 unspecified atom stereocenters. The number of carbonyl (C=O) groups is 1. The Morgan fingerprint density at radius 1 is 1.30 bits per heavy atom. The van der Waals surface area contributed by atoms with Crippen molar-refractivity contribution in [3.63, 3.8) is 0 Å². The van der Waals surface area contributed by atoms with Crippen LogP contribution in [0.1, 0.15) is 56.7 Å². The van der Waals surface area contributed by atoms with E-state index in [-0.39, 0.29) is 12.0 Å². The third-order valence-corrected chi connectivity index (χ3v) is 6.08. The van der Waals surface area contributed by atoms with Gasteiger partial charge in [-0.1, -0.05) is 31.3 Å². The quantitative estimate of drug-likeness (QED) is 0.710. The molecule has 1 atom stereocenters. The number of carbonyl (C=O) groups excluding carboxylic acids is 1. The van der Waals surface area contributed by atoms with Gasteiger partial charge in [0.05, 0.1) is 24.4 Å². The number of rotatable bonds is 6. The maximum absolute atomic E-state index is 12.9. The van der Waals surface area contributed by atoms with Crippen LogP contribution in [-0.4, -0.2) is 75.1 Å². The Labute approximate surface area is 176 Å².